The van der Waals surface area contributed by atoms with Gasteiger partial charge in [0.2, 0.25) is 0 Å². The third kappa shape index (κ3) is 2.69. The molecular formula is C19H23N3O2. The highest BCUT2D eigenvalue weighted by atomic mass is 16.3. The van der Waals surface area contributed by atoms with Crippen LogP contribution in [0.2, 0.25) is 0 Å². The van der Waals surface area contributed by atoms with Crippen molar-refractivity contribution < 1.29 is 9.21 Å². The molecule has 3 aliphatic rings. The third-order valence-corrected chi connectivity index (χ3v) is 5.48. The molecule has 1 aromatic carbocycles. The van der Waals surface area contributed by atoms with E-state index in [0.29, 0.717) is 29.2 Å². The molecule has 5 rings (SSSR count). The second-order valence-electron chi connectivity index (χ2n) is 6.90. The van der Waals surface area contributed by atoms with Gasteiger partial charge in [0.1, 0.15) is 5.76 Å². The predicted octanol–water partition coefficient (Wildman–Crippen LogP) is 2.74. The fourth-order valence-corrected chi connectivity index (χ4v) is 4.07. The normalized spacial score (nSPS) is 28.7. The molecule has 24 heavy (non-hydrogen) atoms. The molecule has 5 nitrogen and oxygen atoms in total. The summed E-state index contributed by atoms with van der Waals surface area (Å²) in [6, 6.07) is 11.6. The van der Waals surface area contributed by atoms with Gasteiger partial charge in [-0.2, -0.15) is 0 Å². The SMILES string of the molecule is C[C@@H]1[C@H](NC(=O)c2ccc(-c3cccc(N)c3)o2)C2CCN1CC2. The lowest BCUT2D eigenvalue weighted by Crippen LogP contribution is -2.62. The van der Waals surface area contributed by atoms with Gasteiger partial charge < -0.3 is 15.5 Å². The lowest BCUT2D eigenvalue weighted by molar-refractivity contribution is 0.0211. The van der Waals surface area contributed by atoms with Gasteiger partial charge in [-0.25, -0.2) is 0 Å². The maximum absolute atomic E-state index is 12.6. The smallest absolute Gasteiger partial charge is 0.287 e. The quantitative estimate of drug-likeness (QED) is 0.851. The number of carbonyl (C=O) groups excluding carboxylic acids is 1. The first-order valence-corrected chi connectivity index (χ1v) is 8.62. The van der Waals surface area contributed by atoms with Crippen LogP contribution in [-0.4, -0.2) is 36.0 Å². The Hall–Kier alpha value is -2.27. The number of benzene rings is 1. The largest absolute Gasteiger partial charge is 0.451 e. The van der Waals surface area contributed by atoms with E-state index in [1.165, 1.54) is 12.8 Å². The summed E-state index contributed by atoms with van der Waals surface area (Å²) in [7, 11) is 0. The highest BCUT2D eigenvalue weighted by molar-refractivity contribution is 5.92. The minimum atomic E-state index is -0.129. The van der Waals surface area contributed by atoms with Gasteiger partial charge in [-0.15, -0.1) is 0 Å². The molecule has 3 N–H and O–H groups in total. The van der Waals surface area contributed by atoms with E-state index in [1.807, 2.05) is 30.3 Å². The second-order valence-corrected chi connectivity index (χ2v) is 6.90. The van der Waals surface area contributed by atoms with Crippen molar-refractivity contribution in [2.75, 3.05) is 18.8 Å². The number of rotatable bonds is 3. The van der Waals surface area contributed by atoms with Crippen LogP contribution in [0.4, 0.5) is 5.69 Å². The number of nitrogens with zero attached hydrogens (tertiary/aromatic N) is 1. The number of hydrogen-bond donors (Lipinski definition) is 2. The molecule has 0 spiro atoms. The van der Waals surface area contributed by atoms with E-state index in [1.54, 1.807) is 6.07 Å². The molecule has 2 bridgehead atoms. The molecule has 4 heterocycles. The van der Waals surface area contributed by atoms with Crippen molar-refractivity contribution in [3.05, 3.63) is 42.2 Å². The van der Waals surface area contributed by atoms with Gasteiger partial charge in [0.25, 0.3) is 5.91 Å². The van der Waals surface area contributed by atoms with Crippen LogP contribution in [0.25, 0.3) is 11.3 Å². The number of furan rings is 1. The Morgan fingerprint density at radius 2 is 2.04 bits per heavy atom. The summed E-state index contributed by atoms with van der Waals surface area (Å²) in [5, 5.41) is 3.19. The molecule has 1 amide bonds. The Morgan fingerprint density at radius 1 is 1.25 bits per heavy atom. The Bertz CT molecular complexity index is 745. The molecule has 3 fully saturated rings. The molecule has 2 aromatic rings. The molecule has 0 aliphatic carbocycles. The van der Waals surface area contributed by atoms with E-state index < -0.39 is 0 Å². The van der Waals surface area contributed by atoms with Gasteiger partial charge >= 0.3 is 0 Å². The maximum Gasteiger partial charge on any atom is 0.287 e. The van der Waals surface area contributed by atoms with Crippen molar-refractivity contribution in [1.82, 2.24) is 10.2 Å². The number of nitrogens with two attached hydrogens (primary N) is 1. The van der Waals surface area contributed by atoms with E-state index in [-0.39, 0.29) is 11.9 Å². The molecule has 3 saturated heterocycles. The monoisotopic (exact) mass is 325 g/mol. The summed E-state index contributed by atoms with van der Waals surface area (Å²) in [4.78, 5) is 15.1. The Labute approximate surface area is 141 Å². The predicted molar refractivity (Wildman–Crippen MR) is 93.6 cm³/mol. The van der Waals surface area contributed by atoms with Gasteiger partial charge in [-0.05, 0) is 63.0 Å². The Morgan fingerprint density at radius 3 is 2.75 bits per heavy atom. The van der Waals surface area contributed by atoms with E-state index in [0.717, 1.165) is 18.7 Å². The molecule has 0 unspecified atom stereocenters. The molecule has 5 heteroatoms. The van der Waals surface area contributed by atoms with Crippen molar-refractivity contribution in [3.8, 4) is 11.3 Å². The third-order valence-electron chi connectivity index (χ3n) is 5.48. The zero-order chi connectivity index (χ0) is 16.7. The standard InChI is InChI=1S/C19H23N3O2/c1-12-18(13-7-9-22(12)10-8-13)21-19(23)17-6-5-16(24-17)14-3-2-4-15(20)11-14/h2-6,11-13,18H,7-10,20H2,1H3,(H,21,23)/t12-,18+/m1/s1. The number of amides is 1. The van der Waals surface area contributed by atoms with Crippen LogP contribution >= 0.6 is 0 Å². The number of nitrogens with one attached hydrogen (secondary N) is 1. The van der Waals surface area contributed by atoms with Crippen LogP contribution in [0, 0.1) is 5.92 Å². The first kappa shape index (κ1) is 15.3. The van der Waals surface area contributed by atoms with Crippen molar-refractivity contribution in [2.45, 2.75) is 31.8 Å². The van der Waals surface area contributed by atoms with Gasteiger partial charge in [0.15, 0.2) is 5.76 Å². The van der Waals surface area contributed by atoms with Crippen LogP contribution in [0.15, 0.2) is 40.8 Å². The lowest BCUT2D eigenvalue weighted by atomic mass is 9.79. The molecule has 1 aromatic heterocycles. The number of carbonyl (C=O) groups is 1. The van der Waals surface area contributed by atoms with E-state index >= 15 is 0 Å². The highest BCUT2D eigenvalue weighted by Gasteiger charge is 2.40. The molecule has 2 atom stereocenters. The second kappa shape index (κ2) is 5.98. The molecule has 0 saturated carbocycles. The summed E-state index contributed by atoms with van der Waals surface area (Å²) in [6.07, 6.45) is 2.34. The van der Waals surface area contributed by atoms with E-state index in [2.05, 4.69) is 17.1 Å². The van der Waals surface area contributed by atoms with Crippen LogP contribution < -0.4 is 11.1 Å². The van der Waals surface area contributed by atoms with Crippen LogP contribution in [-0.2, 0) is 0 Å². The molecular weight excluding hydrogens is 302 g/mol. The van der Waals surface area contributed by atoms with E-state index in [4.69, 9.17) is 10.2 Å². The number of hydrogen-bond acceptors (Lipinski definition) is 4. The molecule has 126 valence electrons. The number of nitrogen functional groups attached to an aromatic ring is 1. The Kier molecular flexibility index (Phi) is 3.81. The first-order chi connectivity index (χ1) is 11.6. The van der Waals surface area contributed by atoms with Crippen molar-refractivity contribution in [1.29, 1.82) is 0 Å². The van der Waals surface area contributed by atoms with Crippen LogP contribution in [0.5, 0.6) is 0 Å². The first-order valence-electron chi connectivity index (χ1n) is 8.62. The van der Waals surface area contributed by atoms with Crippen molar-refractivity contribution in [2.24, 2.45) is 5.92 Å². The molecule has 0 radical (unpaired) electrons. The average Bonchev–Trinajstić information content (AvgIpc) is 3.09. The minimum Gasteiger partial charge on any atom is -0.451 e. The van der Waals surface area contributed by atoms with Crippen molar-refractivity contribution in [3.63, 3.8) is 0 Å². The van der Waals surface area contributed by atoms with Crippen LogP contribution in [0.3, 0.4) is 0 Å². The number of piperidine rings is 3. The van der Waals surface area contributed by atoms with E-state index in [9.17, 15) is 4.79 Å². The Balaban J connectivity index is 1.49. The maximum atomic E-state index is 12.6. The number of anilines is 1. The zero-order valence-electron chi connectivity index (χ0n) is 13.9. The summed E-state index contributed by atoms with van der Waals surface area (Å²) >= 11 is 0. The summed E-state index contributed by atoms with van der Waals surface area (Å²) < 4.78 is 5.76. The minimum absolute atomic E-state index is 0.129. The molecule has 3 aliphatic heterocycles. The fourth-order valence-electron chi connectivity index (χ4n) is 4.07. The van der Waals surface area contributed by atoms with Gasteiger partial charge in [-0.3, -0.25) is 9.69 Å². The average molecular weight is 325 g/mol. The summed E-state index contributed by atoms with van der Waals surface area (Å²) in [5.41, 5.74) is 7.37. The van der Waals surface area contributed by atoms with Gasteiger partial charge in [-0.1, -0.05) is 12.1 Å². The zero-order valence-corrected chi connectivity index (χ0v) is 13.9. The fraction of sp³-hybridized carbons (Fsp3) is 0.421. The highest BCUT2D eigenvalue weighted by Crippen LogP contribution is 2.32. The lowest BCUT2D eigenvalue weighted by Gasteiger charge is -2.49. The van der Waals surface area contributed by atoms with Crippen LogP contribution in [0.1, 0.15) is 30.3 Å². The van der Waals surface area contributed by atoms with Crippen molar-refractivity contribution >= 4 is 11.6 Å². The number of fused-ring (bicyclic) bond motifs is 3. The van der Waals surface area contributed by atoms with Gasteiger partial charge in [0, 0.05) is 23.3 Å². The van der Waals surface area contributed by atoms with Gasteiger partial charge in [0.05, 0.1) is 0 Å². The topological polar surface area (TPSA) is 71.5 Å². The summed E-state index contributed by atoms with van der Waals surface area (Å²) in [5.74, 6) is 1.47. The summed E-state index contributed by atoms with van der Waals surface area (Å²) in [6.45, 7) is 4.51.